The maximum absolute atomic E-state index is 5.72. The van der Waals surface area contributed by atoms with E-state index in [-0.39, 0.29) is 5.15 Å². The average molecular weight is 201 g/mol. The van der Waals surface area contributed by atoms with E-state index in [1.165, 1.54) is 0 Å². The molecule has 0 unspecified atom stereocenters. The molecule has 0 aliphatic carbocycles. The zero-order valence-electron chi connectivity index (χ0n) is 7.79. The molecule has 72 valence electrons. The highest BCUT2D eigenvalue weighted by atomic mass is 35.5. The van der Waals surface area contributed by atoms with Crippen LogP contribution in [0, 0.1) is 0 Å². The van der Waals surface area contributed by atoms with Crippen LogP contribution in [0.2, 0.25) is 5.15 Å². The molecule has 0 bridgehead atoms. The van der Waals surface area contributed by atoms with Crippen molar-refractivity contribution in [2.75, 3.05) is 26.4 Å². The molecule has 0 aliphatic rings. The van der Waals surface area contributed by atoms with Crippen LogP contribution < -0.4 is 5.73 Å². The standard InChI is InChI=1S/C8H13ClN4/c1-13(2)4-3-6-5-11-12-8(9)7(6)10/h5H,3-4H2,1-2H3,(H2,10,11). The maximum atomic E-state index is 5.72. The second kappa shape index (κ2) is 4.39. The third-order valence-corrected chi connectivity index (χ3v) is 2.03. The number of anilines is 1. The molecular formula is C8H13ClN4. The monoisotopic (exact) mass is 200 g/mol. The molecule has 0 aliphatic heterocycles. The third-order valence-electron chi connectivity index (χ3n) is 1.76. The van der Waals surface area contributed by atoms with E-state index in [9.17, 15) is 0 Å². The highest BCUT2D eigenvalue weighted by molar-refractivity contribution is 6.31. The normalized spacial score (nSPS) is 10.8. The second-order valence-electron chi connectivity index (χ2n) is 3.13. The SMILES string of the molecule is CN(C)CCc1cnnc(Cl)c1N. The van der Waals surface area contributed by atoms with Gasteiger partial charge in [0.2, 0.25) is 0 Å². The Morgan fingerprint density at radius 1 is 1.54 bits per heavy atom. The number of hydrogen-bond donors (Lipinski definition) is 1. The molecule has 0 aromatic carbocycles. The van der Waals surface area contributed by atoms with Crippen molar-refractivity contribution >= 4 is 17.3 Å². The summed E-state index contributed by atoms with van der Waals surface area (Å²) in [6, 6.07) is 0. The first-order valence-corrected chi connectivity index (χ1v) is 4.39. The van der Waals surface area contributed by atoms with Gasteiger partial charge in [0.25, 0.3) is 0 Å². The Labute approximate surface area is 82.7 Å². The fraction of sp³-hybridized carbons (Fsp3) is 0.500. The molecule has 1 heterocycles. The van der Waals surface area contributed by atoms with Crippen LogP contribution in [-0.2, 0) is 6.42 Å². The molecule has 1 rings (SSSR count). The molecule has 5 heteroatoms. The summed E-state index contributed by atoms with van der Waals surface area (Å²) in [5.41, 5.74) is 7.21. The zero-order valence-corrected chi connectivity index (χ0v) is 8.54. The van der Waals surface area contributed by atoms with Gasteiger partial charge in [-0.1, -0.05) is 11.6 Å². The topological polar surface area (TPSA) is 55.0 Å². The maximum Gasteiger partial charge on any atom is 0.174 e. The van der Waals surface area contributed by atoms with Crippen LogP contribution >= 0.6 is 11.6 Å². The third kappa shape index (κ3) is 2.82. The van der Waals surface area contributed by atoms with Crippen molar-refractivity contribution < 1.29 is 0 Å². The highest BCUT2D eigenvalue weighted by Gasteiger charge is 2.04. The molecule has 0 radical (unpaired) electrons. The smallest absolute Gasteiger partial charge is 0.174 e. The molecular weight excluding hydrogens is 188 g/mol. The molecule has 2 N–H and O–H groups in total. The number of rotatable bonds is 3. The first kappa shape index (κ1) is 10.2. The van der Waals surface area contributed by atoms with Gasteiger partial charge in [-0.25, -0.2) is 0 Å². The Hall–Kier alpha value is -0.870. The Bertz CT molecular complexity index is 287. The highest BCUT2D eigenvalue weighted by Crippen LogP contribution is 2.18. The average Bonchev–Trinajstić information content (AvgIpc) is 2.07. The van der Waals surface area contributed by atoms with Crippen LogP contribution in [0.1, 0.15) is 5.56 Å². The number of aromatic nitrogens is 2. The van der Waals surface area contributed by atoms with Gasteiger partial charge in [-0.2, -0.15) is 5.10 Å². The lowest BCUT2D eigenvalue weighted by Crippen LogP contribution is -2.16. The molecule has 0 spiro atoms. The molecule has 13 heavy (non-hydrogen) atoms. The summed E-state index contributed by atoms with van der Waals surface area (Å²) in [6.45, 7) is 0.923. The summed E-state index contributed by atoms with van der Waals surface area (Å²) >= 11 is 5.72. The largest absolute Gasteiger partial charge is 0.396 e. The van der Waals surface area contributed by atoms with Crippen LogP contribution in [0.5, 0.6) is 0 Å². The predicted octanol–water partition coefficient (Wildman–Crippen LogP) is 0.816. The molecule has 0 fully saturated rings. The van der Waals surface area contributed by atoms with E-state index in [0.717, 1.165) is 18.5 Å². The first-order valence-electron chi connectivity index (χ1n) is 4.01. The summed E-state index contributed by atoms with van der Waals surface area (Å²) in [4.78, 5) is 2.08. The Morgan fingerprint density at radius 2 is 2.23 bits per heavy atom. The molecule has 0 atom stereocenters. The number of nitrogens with two attached hydrogens (primary N) is 1. The van der Waals surface area contributed by atoms with Crippen molar-refractivity contribution in [3.05, 3.63) is 16.9 Å². The lowest BCUT2D eigenvalue weighted by atomic mass is 10.2. The van der Waals surface area contributed by atoms with Gasteiger partial charge in [-0.15, -0.1) is 5.10 Å². The van der Waals surface area contributed by atoms with Gasteiger partial charge in [0, 0.05) is 6.54 Å². The van der Waals surface area contributed by atoms with Gasteiger partial charge in [-0.3, -0.25) is 0 Å². The molecule has 1 aromatic heterocycles. The number of hydrogen-bond acceptors (Lipinski definition) is 4. The van der Waals surface area contributed by atoms with Crippen LogP contribution in [-0.4, -0.2) is 35.7 Å². The molecule has 1 aromatic rings. The van der Waals surface area contributed by atoms with Gasteiger partial charge in [0.05, 0.1) is 11.9 Å². The van der Waals surface area contributed by atoms with E-state index in [0.29, 0.717) is 5.69 Å². The first-order chi connectivity index (χ1) is 6.11. The van der Waals surface area contributed by atoms with E-state index >= 15 is 0 Å². The van der Waals surface area contributed by atoms with Gasteiger partial charge in [-0.05, 0) is 26.1 Å². The lowest BCUT2D eigenvalue weighted by Gasteiger charge is -2.10. The van der Waals surface area contributed by atoms with Crippen LogP contribution in [0.3, 0.4) is 0 Å². The van der Waals surface area contributed by atoms with Crippen molar-refractivity contribution in [3.8, 4) is 0 Å². The Balaban J connectivity index is 2.71. The van der Waals surface area contributed by atoms with Crippen molar-refractivity contribution in [2.45, 2.75) is 6.42 Å². The summed E-state index contributed by atoms with van der Waals surface area (Å²) in [5.74, 6) is 0. The van der Waals surface area contributed by atoms with Crippen LogP contribution in [0.25, 0.3) is 0 Å². The molecule has 0 amide bonds. The zero-order chi connectivity index (χ0) is 9.84. The van der Waals surface area contributed by atoms with E-state index in [1.54, 1.807) is 6.20 Å². The summed E-state index contributed by atoms with van der Waals surface area (Å²) in [5, 5.41) is 7.67. The minimum atomic E-state index is 0.288. The van der Waals surface area contributed by atoms with Crippen molar-refractivity contribution in [2.24, 2.45) is 0 Å². The van der Waals surface area contributed by atoms with Gasteiger partial charge < -0.3 is 10.6 Å². The van der Waals surface area contributed by atoms with Crippen molar-refractivity contribution in [1.29, 1.82) is 0 Å². The summed E-state index contributed by atoms with van der Waals surface area (Å²) in [6.07, 6.45) is 2.50. The van der Waals surface area contributed by atoms with E-state index < -0.39 is 0 Å². The Morgan fingerprint density at radius 3 is 2.85 bits per heavy atom. The minimum Gasteiger partial charge on any atom is -0.396 e. The second-order valence-corrected chi connectivity index (χ2v) is 3.49. The summed E-state index contributed by atoms with van der Waals surface area (Å²) < 4.78 is 0. The molecule has 0 saturated heterocycles. The summed E-state index contributed by atoms with van der Waals surface area (Å²) in [7, 11) is 4.01. The number of halogens is 1. The fourth-order valence-electron chi connectivity index (χ4n) is 0.948. The Kier molecular flexibility index (Phi) is 3.45. The number of nitrogen functional groups attached to an aromatic ring is 1. The molecule has 4 nitrogen and oxygen atoms in total. The quantitative estimate of drug-likeness (QED) is 0.785. The van der Waals surface area contributed by atoms with Crippen LogP contribution in [0.4, 0.5) is 5.69 Å². The van der Waals surface area contributed by atoms with E-state index in [4.69, 9.17) is 17.3 Å². The fourth-order valence-corrected chi connectivity index (χ4v) is 1.11. The van der Waals surface area contributed by atoms with E-state index in [2.05, 4.69) is 15.1 Å². The van der Waals surface area contributed by atoms with Gasteiger partial charge >= 0.3 is 0 Å². The van der Waals surface area contributed by atoms with Gasteiger partial charge in [0.15, 0.2) is 5.15 Å². The van der Waals surface area contributed by atoms with E-state index in [1.807, 2.05) is 14.1 Å². The van der Waals surface area contributed by atoms with Crippen molar-refractivity contribution in [1.82, 2.24) is 15.1 Å². The predicted molar refractivity (Wildman–Crippen MR) is 53.7 cm³/mol. The van der Waals surface area contributed by atoms with Gasteiger partial charge in [0.1, 0.15) is 0 Å². The number of nitrogens with zero attached hydrogens (tertiary/aromatic N) is 3. The lowest BCUT2D eigenvalue weighted by molar-refractivity contribution is 0.413. The molecule has 0 saturated carbocycles. The number of likely N-dealkylation sites (N-methyl/N-ethyl adjacent to an activating group) is 1. The van der Waals surface area contributed by atoms with Crippen molar-refractivity contribution in [3.63, 3.8) is 0 Å². The van der Waals surface area contributed by atoms with Crippen LogP contribution in [0.15, 0.2) is 6.20 Å². The minimum absolute atomic E-state index is 0.288.